The van der Waals surface area contributed by atoms with Gasteiger partial charge in [0.05, 0.1) is 16.5 Å². The van der Waals surface area contributed by atoms with Crippen molar-refractivity contribution in [3.63, 3.8) is 0 Å². The summed E-state index contributed by atoms with van der Waals surface area (Å²) in [6.45, 7) is 6.87. The van der Waals surface area contributed by atoms with Crippen LogP contribution in [0.5, 0.6) is 0 Å². The number of benzene rings is 2. The molecule has 0 saturated carbocycles. The number of amides is 1. The van der Waals surface area contributed by atoms with Crippen molar-refractivity contribution in [3.05, 3.63) is 69.7 Å². The summed E-state index contributed by atoms with van der Waals surface area (Å²) in [7, 11) is -3.52. The lowest BCUT2D eigenvalue weighted by Crippen LogP contribution is -2.58. The normalized spacial score (nSPS) is 22.6. The van der Waals surface area contributed by atoms with Crippen LogP contribution in [-0.4, -0.2) is 48.4 Å². The predicted molar refractivity (Wildman–Crippen MR) is 137 cm³/mol. The van der Waals surface area contributed by atoms with Gasteiger partial charge in [0.2, 0.25) is 0 Å². The van der Waals surface area contributed by atoms with Gasteiger partial charge in [-0.2, -0.15) is 0 Å². The molecule has 2 aromatic rings. The van der Waals surface area contributed by atoms with Gasteiger partial charge < -0.3 is 15.4 Å². The Morgan fingerprint density at radius 3 is 2.24 bits per heavy atom. The number of halogens is 2. The third-order valence-corrected chi connectivity index (χ3v) is 9.42. The SMILES string of the molecule is CC[C@@H](CS(=O)(=O)C(C)(C)C)N1C(=O)[C@H](CN)O[C@H](c2cccc(Cl)c2)[C@H]1c1ccc(Cl)cc1. The molecule has 1 aliphatic heterocycles. The van der Waals surface area contributed by atoms with Crippen molar-refractivity contribution in [2.45, 2.75) is 63.2 Å². The largest absolute Gasteiger partial charge is 0.357 e. The summed E-state index contributed by atoms with van der Waals surface area (Å²) in [5.41, 5.74) is 7.49. The maximum atomic E-state index is 13.7. The molecule has 34 heavy (non-hydrogen) atoms. The molecule has 186 valence electrons. The van der Waals surface area contributed by atoms with Crippen LogP contribution in [0.1, 0.15) is 57.4 Å². The molecule has 2 aromatic carbocycles. The molecule has 2 N–H and O–H groups in total. The number of carbonyl (C=O) groups is 1. The molecule has 1 fully saturated rings. The van der Waals surface area contributed by atoms with Crippen molar-refractivity contribution >= 4 is 38.9 Å². The first-order valence-electron chi connectivity index (χ1n) is 11.3. The van der Waals surface area contributed by atoms with Crippen LogP contribution >= 0.6 is 23.2 Å². The zero-order chi connectivity index (χ0) is 25.3. The van der Waals surface area contributed by atoms with E-state index in [1.165, 1.54) is 0 Å². The molecule has 9 heteroatoms. The maximum Gasteiger partial charge on any atom is 0.253 e. The highest BCUT2D eigenvalue weighted by molar-refractivity contribution is 7.92. The van der Waals surface area contributed by atoms with E-state index in [0.717, 1.165) is 11.1 Å². The molecule has 0 aliphatic carbocycles. The van der Waals surface area contributed by atoms with Crippen molar-refractivity contribution in [2.24, 2.45) is 5.73 Å². The van der Waals surface area contributed by atoms with E-state index in [1.807, 2.05) is 31.2 Å². The van der Waals surface area contributed by atoms with Gasteiger partial charge in [0.15, 0.2) is 9.84 Å². The second kappa shape index (κ2) is 10.5. The second-order valence-electron chi connectivity index (χ2n) is 9.53. The highest BCUT2D eigenvalue weighted by Gasteiger charge is 2.47. The molecule has 1 heterocycles. The molecule has 0 radical (unpaired) electrons. The van der Waals surface area contributed by atoms with Gasteiger partial charge in [-0.25, -0.2) is 8.42 Å². The van der Waals surface area contributed by atoms with Crippen LogP contribution in [0.4, 0.5) is 0 Å². The lowest BCUT2D eigenvalue weighted by molar-refractivity contribution is -0.177. The average molecular weight is 528 g/mol. The summed E-state index contributed by atoms with van der Waals surface area (Å²) >= 11 is 12.4. The van der Waals surface area contributed by atoms with E-state index in [-0.39, 0.29) is 18.2 Å². The molecule has 0 bridgehead atoms. The molecule has 0 spiro atoms. The van der Waals surface area contributed by atoms with Gasteiger partial charge in [-0.15, -0.1) is 0 Å². The Morgan fingerprint density at radius 2 is 1.71 bits per heavy atom. The third-order valence-electron chi connectivity index (χ3n) is 6.24. The number of rotatable bonds is 7. The van der Waals surface area contributed by atoms with Crippen molar-refractivity contribution in [2.75, 3.05) is 12.3 Å². The highest BCUT2D eigenvalue weighted by Crippen LogP contribution is 2.44. The summed E-state index contributed by atoms with van der Waals surface area (Å²) in [6.07, 6.45) is -1.05. The average Bonchev–Trinajstić information content (AvgIpc) is 2.77. The number of ether oxygens (including phenoxy) is 1. The van der Waals surface area contributed by atoms with Crippen LogP contribution in [0.3, 0.4) is 0 Å². The lowest BCUT2D eigenvalue weighted by atomic mass is 9.90. The molecule has 0 aromatic heterocycles. The minimum atomic E-state index is -3.52. The van der Waals surface area contributed by atoms with Crippen LogP contribution in [0.15, 0.2) is 48.5 Å². The van der Waals surface area contributed by atoms with Gasteiger partial charge in [0.1, 0.15) is 12.2 Å². The fourth-order valence-electron chi connectivity index (χ4n) is 4.16. The van der Waals surface area contributed by atoms with Crippen LogP contribution in [-0.2, 0) is 19.4 Å². The first-order valence-corrected chi connectivity index (χ1v) is 13.7. The van der Waals surface area contributed by atoms with Crippen molar-refractivity contribution in [1.29, 1.82) is 0 Å². The van der Waals surface area contributed by atoms with E-state index < -0.39 is 38.9 Å². The van der Waals surface area contributed by atoms with Gasteiger partial charge in [-0.1, -0.05) is 54.4 Å². The molecule has 1 saturated heterocycles. The molecule has 3 rings (SSSR count). The monoisotopic (exact) mass is 526 g/mol. The van der Waals surface area contributed by atoms with Gasteiger partial charge in [-0.05, 0) is 62.6 Å². The summed E-state index contributed by atoms with van der Waals surface area (Å²) in [4.78, 5) is 15.3. The summed E-state index contributed by atoms with van der Waals surface area (Å²) in [5, 5.41) is 1.09. The van der Waals surface area contributed by atoms with Gasteiger partial charge in [0.25, 0.3) is 5.91 Å². The number of hydrogen-bond acceptors (Lipinski definition) is 5. The van der Waals surface area contributed by atoms with Gasteiger partial charge in [0, 0.05) is 22.6 Å². The first-order chi connectivity index (χ1) is 15.9. The standard InChI is InChI=1S/C25H32Cl2N2O4S/c1-5-20(15-34(31,32)25(2,3)4)29-22(16-9-11-18(26)12-10-16)23(33-21(14-28)24(29)30)17-7-6-8-19(27)13-17/h6-13,20-23H,5,14-15,28H2,1-4H3/t20-,21-,22+,23+/m0/s1. The fraction of sp³-hybridized carbons (Fsp3) is 0.480. The topological polar surface area (TPSA) is 89.7 Å². The Bertz CT molecular complexity index is 1120. The van der Waals surface area contributed by atoms with Gasteiger partial charge in [-0.3, -0.25) is 4.79 Å². The minimum absolute atomic E-state index is 0.0256. The lowest BCUT2D eigenvalue weighted by Gasteiger charge is -2.48. The van der Waals surface area contributed by atoms with Crippen molar-refractivity contribution in [1.82, 2.24) is 4.90 Å². The number of nitrogens with two attached hydrogens (primary N) is 1. The van der Waals surface area contributed by atoms with Crippen LogP contribution in [0.25, 0.3) is 0 Å². The highest BCUT2D eigenvalue weighted by atomic mass is 35.5. The number of morpholine rings is 1. The summed E-state index contributed by atoms with van der Waals surface area (Å²) < 4.78 is 31.7. The Kier molecular flexibility index (Phi) is 8.36. The van der Waals surface area contributed by atoms with Crippen molar-refractivity contribution in [3.8, 4) is 0 Å². The molecule has 0 unspecified atom stereocenters. The number of hydrogen-bond donors (Lipinski definition) is 1. The van der Waals surface area contributed by atoms with Crippen LogP contribution < -0.4 is 5.73 Å². The fourth-order valence-corrected chi connectivity index (χ4v) is 5.89. The number of sulfone groups is 1. The Morgan fingerprint density at radius 1 is 1.06 bits per heavy atom. The van der Waals surface area contributed by atoms with Crippen LogP contribution in [0.2, 0.25) is 10.0 Å². The van der Waals surface area contributed by atoms with E-state index in [4.69, 9.17) is 33.7 Å². The third kappa shape index (κ3) is 5.60. The predicted octanol–water partition coefficient (Wildman–Crippen LogP) is 4.95. The molecule has 4 atom stereocenters. The molecule has 6 nitrogen and oxygen atoms in total. The maximum absolute atomic E-state index is 13.7. The van der Waals surface area contributed by atoms with E-state index in [9.17, 15) is 13.2 Å². The Hall–Kier alpha value is -1.64. The van der Waals surface area contributed by atoms with Gasteiger partial charge >= 0.3 is 0 Å². The number of carbonyl (C=O) groups excluding carboxylic acids is 1. The minimum Gasteiger partial charge on any atom is -0.357 e. The zero-order valence-electron chi connectivity index (χ0n) is 19.9. The zero-order valence-corrected chi connectivity index (χ0v) is 22.2. The first kappa shape index (κ1) is 27.0. The number of nitrogens with zero attached hydrogens (tertiary/aromatic N) is 1. The Labute approximate surface area is 212 Å². The van der Waals surface area contributed by atoms with Crippen LogP contribution in [0, 0.1) is 0 Å². The van der Waals surface area contributed by atoms with E-state index in [2.05, 4.69) is 0 Å². The summed E-state index contributed by atoms with van der Waals surface area (Å²) in [5.74, 6) is -0.487. The second-order valence-corrected chi connectivity index (χ2v) is 13.2. The van der Waals surface area contributed by atoms with E-state index in [1.54, 1.807) is 49.9 Å². The molecular formula is C25H32Cl2N2O4S. The smallest absolute Gasteiger partial charge is 0.253 e. The van der Waals surface area contributed by atoms with Crippen molar-refractivity contribution < 1.29 is 17.9 Å². The quantitative estimate of drug-likeness (QED) is 0.550. The molecule has 1 amide bonds. The van der Waals surface area contributed by atoms with E-state index >= 15 is 0 Å². The Balaban J connectivity index is 2.18. The summed E-state index contributed by atoms with van der Waals surface area (Å²) in [6, 6.07) is 13.3. The molecular weight excluding hydrogens is 495 g/mol. The van der Waals surface area contributed by atoms with E-state index in [0.29, 0.717) is 16.5 Å². The molecule has 1 aliphatic rings.